The molecule has 3 N–H and O–H groups in total. The van der Waals surface area contributed by atoms with Gasteiger partial charge in [-0.05, 0) is 24.3 Å². The maximum absolute atomic E-state index is 12.2. The number of aryl methyl sites for hydroxylation is 1. The summed E-state index contributed by atoms with van der Waals surface area (Å²) in [5.41, 5.74) is 2.08. The van der Waals surface area contributed by atoms with Gasteiger partial charge in [0.25, 0.3) is 5.91 Å². The van der Waals surface area contributed by atoms with Crippen LogP contribution in [0, 0.1) is 6.92 Å². The molecule has 8 heteroatoms. The topological polar surface area (TPSA) is 112 Å². The summed E-state index contributed by atoms with van der Waals surface area (Å²) in [6.07, 6.45) is 1.64. The number of H-pyrrole nitrogens is 2. The molecule has 0 saturated heterocycles. The third-order valence-electron chi connectivity index (χ3n) is 2.80. The fraction of sp³-hybridized carbons (Fsp3) is 0.0833. The van der Waals surface area contributed by atoms with Crippen molar-refractivity contribution in [3.63, 3.8) is 0 Å². The average molecular weight is 269 g/mol. The van der Waals surface area contributed by atoms with Gasteiger partial charge >= 0.3 is 0 Å². The summed E-state index contributed by atoms with van der Waals surface area (Å²) in [5.74, 6) is 0.792. The van der Waals surface area contributed by atoms with Gasteiger partial charge < -0.3 is 5.32 Å². The lowest BCUT2D eigenvalue weighted by molar-refractivity contribution is 0.102. The number of hydrogen-bond acceptors (Lipinski definition) is 5. The molecule has 3 aromatic rings. The minimum Gasteiger partial charge on any atom is -0.307 e. The van der Waals surface area contributed by atoms with Gasteiger partial charge in [-0.1, -0.05) is 12.1 Å². The van der Waals surface area contributed by atoms with E-state index in [0.717, 1.165) is 5.56 Å². The summed E-state index contributed by atoms with van der Waals surface area (Å²) < 4.78 is 0. The zero-order chi connectivity index (χ0) is 13.9. The average Bonchev–Trinajstić information content (AvgIpc) is 3.12. The van der Waals surface area contributed by atoms with Gasteiger partial charge in [0, 0.05) is 16.7 Å². The van der Waals surface area contributed by atoms with Crippen molar-refractivity contribution in [1.29, 1.82) is 0 Å². The van der Waals surface area contributed by atoms with Gasteiger partial charge in [-0.3, -0.25) is 9.89 Å². The van der Waals surface area contributed by atoms with E-state index < -0.39 is 0 Å². The second-order valence-electron chi connectivity index (χ2n) is 4.20. The first-order valence-electron chi connectivity index (χ1n) is 5.89. The molecule has 0 atom stereocenters. The first-order chi connectivity index (χ1) is 9.74. The van der Waals surface area contributed by atoms with E-state index >= 15 is 0 Å². The number of hydrogen-bond donors (Lipinski definition) is 3. The highest BCUT2D eigenvalue weighted by molar-refractivity contribution is 6.04. The van der Waals surface area contributed by atoms with Gasteiger partial charge in [-0.2, -0.15) is 10.3 Å². The van der Waals surface area contributed by atoms with Gasteiger partial charge in [-0.25, -0.2) is 0 Å². The van der Waals surface area contributed by atoms with Crippen LogP contribution in [0.4, 0.5) is 5.82 Å². The highest BCUT2D eigenvalue weighted by atomic mass is 16.1. The SMILES string of the molecule is Cc1cn[nH]c1NC(=O)c1cccc(-c2nn[nH]n2)c1. The second-order valence-corrected chi connectivity index (χ2v) is 4.20. The Morgan fingerprint density at radius 1 is 1.35 bits per heavy atom. The number of benzene rings is 1. The maximum atomic E-state index is 12.2. The Bertz CT molecular complexity index is 732. The number of aromatic amines is 2. The molecular weight excluding hydrogens is 258 g/mol. The van der Waals surface area contributed by atoms with Crippen molar-refractivity contribution < 1.29 is 4.79 Å². The normalized spacial score (nSPS) is 10.4. The predicted molar refractivity (Wildman–Crippen MR) is 70.9 cm³/mol. The molecule has 0 bridgehead atoms. The molecule has 0 aliphatic heterocycles. The molecule has 1 amide bonds. The predicted octanol–water partition coefficient (Wildman–Crippen LogP) is 1.15. The Balaban J connectivity index is 1.85. The largest absolute Gasteiger partial charge is 0.307 e. The first-order valence-corrected chi connectivity index (χ1v) is 5.89. The highest BCUT2D eigenvalue weighted by Crippen LogP contribution is 2.16. The minimum atomic E-state index is -0.234. The maximum Gasteiger partial charge on any atom is 0.256 e. The molecule has 0 spiro atoms. The molecule has 0 saturated carbocycles. The van der Waals surface area contributed by atoms with Crippen LogP contribution < -0.4 is 5.32 Å². The molecule has 2 aromatic heterocycles. The van der Waals surface area contributed by atoms with Crippen molar-refractivity contribution in [3.05, 3.63) is 41.6 Å². The van der Waals surface area contributed by atoms with Crippen LogP contribution in [0.25, 0.3) is 11.4 Å². The third-order valence-corrected chi connectivity index (χ3v) is 2.80. The van der Waals surface area contributed by atoms with Gasteiger partial charge in [0.2, 0.25) is 5.82 Å². The number of carbonyl (C=O) groups excluding carboxylic acids is 1. The first kappa shape index (κ1) is 12.0. The van der Waals surface area contributed by atoms with Crippen LogP contribution in [0.1, 0.15) is 15.9 Å². The highest BCUT2D eigenvalue weighted by Gasteiger charge is 2.11. The number of tetrazole rings is 1. The van der Waals surface area contributed by atoms with Gasteiger partial charge in [0.05, 0.1) is 6.20 Å². The summed E-state index contributed by atoms with van der Waals surface area (Å²) in [6, 6.07) is 6.99. The van der Waals surface area contributed by atoms with Crippen LogP contribution in [0.3, 0.4) is 0 Å². The zero-order valence-electron chi connectivity index (χ0n) is 10.6. The lowest BCUT2D eigenvalue weighted by Crippen LogP contribution is -2.13. The Hall–Kier alpha value is -3.03. The number of rotatable bonds is 3. The number of nitrogens with zero attached hydrogens (tertiary/aromatic N) is 4. The van der Waals surface area contributed by atoms with Crippen molar-refractivity contribution >= 4 is 11.7 Å². The molecule has 2 heterocycles. The summed E-state index contributed by atoms with van der Waals surface area (Å²) in [4.78, 5) is 12.2. The smallest absolute Gasteiger partial charge is 0.256 e. The van der Waals surface area contributed by atoms with Crippen molar-refractivity contribution in [2.45, 2.75) is 6.92 Å². The van der Waals surface area contributed by atoms with Crippen LogP contribution in [-0.4, -0.2) is 36.7 Å². The standard InChI is InChI=1S/C12H11N7O/c1-7-6-13-15-10(7)14-12(20)9-4-2-3-8(5-9)11-16-18-19-17-11/h2-6H,1H3,(H2,13,14,15,20)(H,16,17,18,19). The molecule has 0 fully saturated rings. The van der Waals surface area contributed by atoms with Crippen molar-refractivity contribution in [2.24, 2.45) is 0 Å². The quantitative estimate of drug-likeness (QED) is 0.660. The van der Waals surface area contributed by atoms with Crippen LogP contribution in [0.2, 0.25) is 0 Å². The molecule has 3 rings (SSSR count). The van der Waals surface area contributed by atoms with E-state index in [9.17, 15) is 4.79 Å². The Morgan fingerprint density at radius 2 is 2.25 bits per heavy atom. The van der Waals surface area contributed by atoms with Crippen LogP contribution in [-0.2, 0) is 0 Å². The minimum absolute atomic E-state index is 0.234. The Morgan fingerprint density at radius 3 is 2.95 bits per heavy atom. The van der Waals surface area contributed by atoms with E-state index in [1.54, 1.807) is 24.4 Å². The lowest BCUT2D eigenvalue weighted by atomic mass is 10.1. The molecule has 0 aliphatic rings. The fourth-order valence-corrected chi connectivity index (χ4v) is 1.74. The van der Waals surface area contributed by atoms with Gasteiger partial charge in [0.1, 0.15) is 5.82 Å². The third kappa shape index (κ3) is 2.26. The van der Waals surface area contributed by atoms with Gasteiger partial charge in [-0.15, -0.1) is 10.2 Å². The molecule has 0 radical (unpaired) electrons. The fourth-order valence-electron chi connectivity index (χ4n) is 1.74. The second kappa shape index (κ2) is 4.92. The summed E-state index contributed by atoms with van der Waals surface area (Å²) in [6.45, 7) is 1.86. The molecule has 20 heavy (non-hydrogen) atoms. The molecule has 0 unspecified atom stereocenters. The Labute approximate surface area is 113 Å². The molecule has 0 aliphatic carbocycles. The van der Waals surface area contributed by atoms with E-state index in [1.165, 1.54) is 0 Å². The van der Waals surface area contributed by atoms with E-state index in [1.807, 2.05) is 13.0 Å². The monoisotopic (exact) mass is 269 g/mol. The number of carbonyl (C=O) groups is 1. The molecule has 100 valence electrons. The van der Waals surface area contributed by atoms with E-state index in [2.05, 4.69) is 36.1 Å². The number of aromatic nitrogens is 6. The van der Waals surface area contributed by atoms with E-state index in [0.29, 0.717) is 22.8 Å². The number of amides is 1. The number of anilines is 1. The van der Waals surface area contributed by atoms with Crippen molar-refractivity contribution in [2.75, 3.05) is 5.32 Å². The van der Waals surface area contributed by atoms with E-state index in [-0.39, 0.29) is 5.91 Å². The van der Waals surface area contributed by atoms with Gasteiger partial charge in [0.15, 0.2) is 0 Å². The Kier molecular flexibility index (Phi) is 2.96. The van der Waals surface area contributed by atoms with Crippen molar-refractivity contribution in [1.82, 2.24) is 30.8 Å². The summed E-state index contributed by atoms with van der Waals surface area (Å²) in [5, 5.41) is 23.0. The molecular formula is C12H11N7O. The van der Waals surface area contributed by atoms with E-state index in [4.69, 9.17) is 0 Å². The molecule has 1 aromatic carbocycles. The van der Waals surface area contributed by atoms with Crippen LogP contribution >= 0.6 is 0 Å². The van der Waals surface area contributed by atoms with Crippen molar-refractivity contribution in [3.8, 4) is 11.4 Å². The molecule has 8 nitrogen and oxygen atoms in total. The summed E-state index contributed by atoms with van der Waals surface area (Å²) in [7, 11) is 0. The zero-order valence-corrected chi connectivity index (χ0v) is 10.6. The van der Waals surface area contributed by atoms with Crippen LogP contribution in [0.5, 0.6) is 0 Å². The van der Waals surface area contributed by atoms with Crippen LogP contribution in [0.15, 0.2) is 30.5 Å². The number of nitrogens with one attached hydrogen (secondary N) is 3. The lowest BCUT2D eigenvalue weighted by Gasteiger charge is -2.04. The summed E-state index contributed by atoms with van der Waals surface area (Å²) >= 11 is 0.